The highest BCUT2D eigenvalue weighted by Crippen LogP contribution is 2.44. The normalized spacial score (nSPS) is 11.9. The first-order valence-corrected chi connectivity index (χ1v) is 9.99. The predicted octanol–water partition coefficient (Wildman–Crippen LogP) is 5.66. The van der Waals surface area contributed by atoms with Gasteiger partial charge in [-0.2, -0.15) is 0 Å². The van der Waals surface area contributed by atoms with Crippen LogP contribution in [0.15, 0.2) is 48.5 Å². The van der Waals surface area contributed by atoms with E-state index in [0.717, 1.165) is 22.3 Å². The summed E-state index contributed by atoms with van der Waals surface area (Å²) in [5, 5.41) is 2.44. The van der Waals surface area contributed by atoms with Crippen LogP contribution in [0.2, 0.25) is 0 Å². The molecule has 0 spiro atoms. The lowest BCUT2D eigenvalue weighted by molar-refractivity contribution is 0.143. The molecule has 0 saturated carbocycles. The van der Waals surface area contributed by atoms with Gasteiger partial charge in [0.2, 0.25) is 5.82 Å². The Bertz CT molecular complexity index is 1220. The van der Waals surface area contributed by atoms with Crippen LogP contribution in [0.4, 0.5) is 26.7 Å². The van der Waals surface area contributed by atoms with Gasteiger partial charge in [0.1, 0.15) is 12.2 Å². The van der Waals surface area contributed by atoms with E-state index >= 15 is 0 Å². The highest BCUT2D eigenvalue weighted by Gasteiger charge is 2.29. The molecule has 1 aliphatic rings. The zero-order valence-corrected chi connectivity index (χ0v) is 17.0. The van der Waals surface area contributed by atoms with Crippen molar-refractivity contribution in [1.29, 1.82) is 0 Å². The van der Waals surface area contributed by atoms with Gasteiger partial charge in [0.15, 0.2) is 23.3 Å². The summed E-state index contributed by atoms with van der Waals surface area (Å²) in [7, 11) is 0. The third-order valence-corrected chi connectivity index (χ3v) is 5.29. The van der Waals surface area contributed by atoms with E-state index in [1.165, 1.54) is 0 Å². The van der Waals surface area contributed by atoms with E-state index in [4.69, 9.17) is 4.74 Å². The van der Waals surface area contributed by atoms with Crippen molar-refractivity contribution in [3.05, 3.63) is 94.3 Å². The van der Waals surface area contributed by atoms with E-state index in [-0.39, 0.29) is 25.5 Å². The van der Waals surface area contributed by atoms with Crippen LogP contribution in [0, 0.1) is 40.9 Å². The summed E-state index contributed by atoms with van der Waals surface area (Å²) >= 11 is 0. The number of alkyl carbamates (subject to hydrolysis) is 1. The van der Waals surface area contributed by atoms with Crippen molar-refractivity contribution in [2.75, 3.05) is 13.2 Å². The molecule has 0 saturated heterocycles. The number of halogens is 5. The molecular weight excluding hydrogens is 441 g/mol. The monoisotopic (exact) mass is 457 g/mol. The Morgan fingerprint density at radius 3 is 1.91 bits per heavy atom. The van der Waals surface area contributed by atoms with E-state index in [9.17, 15) is 26.7 Å². The molecule has 0 bridgehead atoms. The number of hydrogen-bond acceptors (Lipinski definition) is 2. The topological polar surface area (TPSA) is 38.3 Å². The van der Waals surface area contributed by atoms with Crippen LogP contribution in [0.3, 0.4) is 0 Å². The van der Waals surface area contributed by atoms with Gasteiger partial charge in [0, 0.05) is 18.9 Å². The molecule has 0 fully saturated rings. The van der Waals surface area contributed by atoms with Crippen molar-refractivity contribution in [2.45, 2.75) is 12.3 Å². The van der Waals surface area contributed by atoms with Gasteiger partial charge >= 0.3 is 6.09 Å². The Hall–Kier alpha value is -3.86. The second-order valence-electron chi connectivity index (χ2n) is 7.25. The van der Waals surface area contributed by atoms with Gasteiger partial charge < -0.3 is 10.1 Å². The molecule has 3 nitrogen and oxygen atoms in total. The van der Waals surface area contributed by atoms with Crippen molar-refractivity contribution >= 4 is 6.09 Å². The first-order chi connectivity index (χ1) is 15.9. The quantitative estimate of drug-likeness (QED) is 0.181. The fraction of sp³-hybridized carbons (Fsp3) is 0.160. The van der Waals surface area contributed by atoms with Crippen LogP contribution in [-0.2, 0) is 4.74 Å². The van der Waals surface area contributed by atoms with Crippen LogP contribution in [-0.4, -0.2) is 19.2 Å². The molecule has 4 rings (SSSR count). The number of ether oxygens (including phenoxy) is 1. The third kappa shape index (κ3) is 4.27. The van der Waals surface area contributed by atoms with Gasteiger partial charge in [-0.05, 0) is 22.3 Å². The zero-order chi connectivity index (χ0) is 23.5. The van der Waals surface area contributed by atoms with E-state index in [2.05, 4.69) is 11.2 Å². The second kappa shape index (κ2) is 9.33. The maximum absolute atomic E-state index is 13.6. The first kappa shape index (κ1) is 22.3. The Labute approximate surface area is 186 Å². The van der Waals surface area contributed by atoms with Gasteiger partial charge in [-0.15, -0.1) is 0 Å². The number of nitrogens with one attached hydrogen (secondary N) is 1. The fourth-order valence-electron chi connectivity index (χ4n) is 3.74. The van der Waals surface area contributed by atoms with E-state index < -0.39 is 40.7 Å². The molecule has 0 heterocycles. The van der Waals surface area contributed by atoms with Crippen LogP contribution in [0.5, 0.6) is 0 Å². The minimum absolute atomic E-state index is 0.0426. The first-order valence-electron chi connectivity index (χ1n) is 9.99. The van der Waals surface area contributed by atoms with Crippen LogP contribution < -0.4 is 5.32 Å². The highest BCUT2D eigenvalue weighted by atomic mass is 19.2. The number of carbonyl (C=O) groups is 1. The average molecular weight is 457 g/mol. The summed E-state index contributed by atoms with van der Waals surface area (Å²) in [4.78, 5) is 12.0. The Balaban J connectivity index is 1.33. The van der Waals surface area contributed by atoms with Gasteiger partial charge in [0.25, 0.3) is 0 Å². The van der Waals surface area contributed by atoms with Crippen molar-refractivity contribution in [1.82, 2.24) is 5.32 Å². The smallest absolute Gasteiger partial charge is 0.407 e. The molecule has 168 valence electrons. The van der Waals surface area contributed by atoms with Gasteiger partial charge in [-0.25, -0.2) is 26.7 Å². The number of benzene rings is 3. The van der Waals surface area contributed by atoms with Crippen molar-refractivity contribution in [3.8, 4) is 23.0 Å². The fourth-order valence-corrected chi connectivity index (χ4v) is 3.74. The summed E-state index contributed by atoms with van der Waals surface area (Å²) in [6, 6.07) is 15.7. The molecule has 3 aromatic rings. The lowest BCUT2D eigenvalue weighted by Gasteiger charge is -2.14. The molecule has 33 heavy (non-hydrogen) atoms. The van der Waals surface area contributed by atoms with Gasteiger partial charge in [-0.3, -0.25) is 0 Å². The average Bonchev–Trinajstić information content (AvgIpc) is 3.15. The minimum Gasteiger partial charge on any atom is -0.449 e. The zero-order valence-electron chi connectivity index (χ0n) is 17.0. The molecule has 1 N–H and O–H groups in total. The summed E-state index contributed by atoms with van der Waals surface area (Å²) in [5.74, 6) is -6.27. The second-order valence-corrected chi connectivity index (χ2v) is 7.25. The number of rotatable bonds is 4. The molecule has 0 radical (unpaired) electrons. The number of amides is 1. The van der Waals surface area contributed by atoms with Crippen LogP contribution in [0.25, 0.3) is 11.1 Å². The van der Waals surface area contributed by atoms with E-state index in [1.807, 2.05) is 54.5 Å². The van der Waals surface area contributed by atoms with Crippen LogP contribution >= 0.6 is 0 Å². The minimum atomic E-state index is -2.24. The number of hydrogen-bond donors (Lipinski definition) is 1. The Kier molecular flexibility index (Phi) is 6.31. The SMILES string of the molecule is O=C(NCCC#Cc1c(F)c(F)c(F)c(F)c1F)OCC1c2ccccc2-c2ccccc21. The highest BCUT2D eigenvalue weighted by molar-refractivity contribution is 5.79. The molecule has 0 aromatic heterocycles. The Morgan fingerprint density at radius 1 is 0.818 bits per heavy atom. The molecule has 3 aromatic carbocycles. The van der Waals surface area contributed by atoms with E-state index in [0.29, 0.717) is 0 Å². The van der Waals surface area contributed by atoms with Crippen molar-refractivity contribution < 1.29 is 31.5 Å². The maximum atomic E-state index is 13.6. The van der Waals surface area contributed by atoms with Crippen molar-refractivity contribution in [2.24, 2.45) is 0 Å². The Morgan fingerprint density at radius 2 is 1.33 bits per heavy atom. The predicted molar refractivity (Wildman–Crippen MR) is 111 cm³/mol. The molecule has 1 aliphatic carbocycles. The molecule has 8 heteroatoms. The third-order valence-electron chi connectivity index (χ3n) is 5.29. The summed E-state index contributed by atoms with van der Waals surface area (Å²) in [5.41, 5.74) is 3.07. The molecule has 1 amide bonds. The summed E-state index contributed by atoms with van der Waals surface area (Å²) < 4.78 is 71.9. The largest absolute Gasteiger partial charge is 0.449 e. The molecule has 0 aliphatic heterocycles. The van der Waals surface area contributed by atoms with Gasteiger partial charge in [-0.1, -0.05) is 60.4 Å². The lowest BCUT2D eigenvalue weighted by Crippen LogP contribution is -2.26. The molecular formula is C25H16F5NO2. The lowest BCUT2D eigenvalue weighted by atomic mass is 9.98. The van der Waals surface area contributed by atoms with Gasteiger partial charge in [0.05, 0.1) is 0 Å². The van der Waals surface area contributed by atoms with Crippen molar-refractivity contribution in [3.63, 3.8) is 0 Å². The number of carbonyl (C=O) groups excluding carboxylic acids is 1. The molecule has 0 unspecified atom stereocenters. The summed E-state index contributed by atoms with van der Waals surface area (Å²) in [6.45, 7) is 0.0646. The van der Waals surface area contributed by atoms with E-state index in [1.54, 1.807) is 0 Å². The molecule has 0 atom stereocenters. The van der Waals surface area contributed by atoms with Crippen LogP contribution in [0.1, 0.15) is 29.0 Å². The number of fused-ring (bicyclic) bond motifs is 3. The summed E-state index contributed by atoms with van der Waals surface area (Å²) in [6.07, 6.45) is -0.807. The standard InChI is InChI=1S/C25H16F5NO2/c26-20-18(21(27)23(29)24(30)22(20)28)11-5-6-12-31-25(32)33-13-19-16-9-3-1-7-14(16)15-8-2-4-10-17(15)19/h1-4,7-10,19H,6,12-13H2,(H,31,32). The maximum Gasteiger partial charge on any atom is 0.407 e.